The fraction of sp³-hybridized carbons (Fsp3) is 0.156. The number of fused-ring (bicyclic) bond motifs is 1. The maximum absolute atomic E-state index is 14.0. The van der Waals surface area contributed by atoms with Crippen molar-refractivity contribution in [3.63, 3.8) is 0 Å². The van der Waals surface area contributed by atoms with Crippen molar-refractivity contribution in [2.45, 2.75) is 27.7 Å². The lowest BCUT2D eigenvalue weighted by Crippen LogP contribution is -2.15. The van der Waals surface area contributed by atoms with Crippen LogP contribution in [0.1, 0.15) is 37.6 Å². The smallest absolute Gasteiger partial charge is 0.135 e. The number of hydrogen-bond acceptors (Lipinski definition) is 4. The highest BCUT2D eigenvalue weighted by atomic mass is 19.1. The van der Waals surface area contributed by atoms with Crippen molar-refractivity contribution in [3.8, 4) is 22.6 Å². The fourth-order valence-electron chi connectivity index (χ4n) is 4.34. The molecule has 7 heteroatoms. The highest BCUT2D eigenvalue weighted by molar-refractivity contribution is 5.92. The number of anilines is 1. The van der Waals surface area contributed by atoms with Crippen LogP contribution >= 0.6 is 0 Å². The van der Waals surface area contributed by atoms with Crippen molar-refractivity contribution in [1.82, 2.24) is 25.1 Å². The number of pyridine rings is 2. The monoisotopic (exact) mass is 518 g/mol. The van der Waals surface area contributed by atoms with E-state index in [9.17, 15) is 4.39 Å². The number of nitrogens with zero attached hydrogens (tertiary/aromatic N) is 3. The summed E-state index contributed by atoms with van der Waals surface area (Å²) in [5, 5.41) is 11.0. The molecule has 3 N–H and O–H groups in total. The third-order valence-electron chi connectivity index (χ3n) is 6.62. The molecule has 39 heavy (non-hydrogen) atoms. The van der Waals surface area contributed by atoms with Crippen LogP contribution in [0.15, 0.2) is 91.9 Å². The minimum atomic E-state index is -0.289. The normalized spacial score (nSPS) is 12.1. The summed E-state index contributed by atoms with van der Waals surface area (Å²) < 4.78 is 14.0. The maximum Gasteiger partial charge on any atom is 0.135 e. The van der Waals surface area contributed by atoms with E-state index in [0.717, 1.165) is 61.8 Å². The van der Waals surface area contributed by atoms with E-state index in [4.69, 9.17) is 4.98 Å². The predicted octanol–water partition coefficient (Wildman–Crippen LogP) is 8.05. The number of halogens is 1. The van der Waals surface area contributed by atoms with E-state index in [1.165, 1.54) is 12.1 Å². The van der Waals surface area contributed by atoms with Gasteiger partial charge in [-0.05, 0) is 54.5 Å². The third kappa shape index (κ3) is 5.29. The molecule has 0 fully saturated rings. The van der Waals surface area contributed by atoms with Crippen molar-refractivity contribution in [3.05, 3.63) is 115 Å². The van der Waals surface area contributed by atoms with Crippen LogP contribution in [-0.4, -0.2) is 25.1 Å². The van der Waals surface area contributed by atoms with E-state index in [-0.39, 0.29) is 11.2 Å². The summed E-state index contributed by atoms with van der Waals surface area (Å²) in [4.78, 5) is 12.8. The molecule has 0 atom stereocenters. The van der Waals surface area contributed by atoms with Gasteiger partial charge in [-0.25, -0.2) is 9.37 Å². The van der Waals surface area contributed by atoms with Crippen LogP contribution in [0.5, 0.6) is 0 Å². The number of allylic oxidation sites excluding steroid dienone is 3. The summed E-state index contributed by atoms with van der Waals surface area (Å²) in [6.07, 6.45) is 7.16. The minimum Gasteiger partial charge on any atom is -0.358 e. The second-order valence-corrected chi connectivity index (χ2v) is 10.5. The molecule has 196 valence electrons. The van der Waals surface area contributed by atoms with Crippen LogP contribution < -0.4 is 5.32 Å². The topological polar surface area (TPSA) is 82.3 Å². The molecule has 0 aliphatic rings. The van der Waals surface area contributed by atoms with Gasteiger partial charge >= 0.3 is 0 Å². The van der Waals surface area contributed by atoms with E-state index >= 15 is 0 Å². The Morgan fingerprint density at radius 2 is 1.90 bits per heavy atom. The average Bonchev–Trinajstić information content (AvgIpc) is 3.49. The average molecular weight is 519 g/mol. The number of H-pyrrole nitrogens is 2. The van der Waals surface area contributed by atoms with Gasteiger partial charge in [0.1, 0.15) is 17.0 Å². The summed E-state index contributed by atoms with van der Waals surface area (Å²) in [6.45, 7) is 16.3. The first-order valence-corrected chi connectivity index (χ1v) is 12.7. The van der Waals surface area contributed by atoms with E-state index < -0.39 is 0 Å². The van der Waals surface area contributed by atoms with Gasteiger partial charge in [-0.2, -0.15) is 5.10 Å². The number of rotatable bonds is 7. The molecule has 6 nitrogen and oxygen atoms in total. The van der Waals surface area contributed by atoms with Gasteiger partial charge in [0, 0.05) is 34.1 Å². The molecule has 1 aromatic carbocycles. The van der Waals surface area contributed by atoms with Crippen molar-refractivity contribution in [1.29, 1.82) is 0 Å². The Morgan fingerprint density at radius 1 is 1.08 bits per heavy atom. The van der Waals surface area contributed by atoms with E-state index in [1.54, 1.807) is 24.5 Å². The molecule has 0 aliphatic carbocycles. The molecule has 0 amide bonds. The molecule has 5 rings (SSSR count). The maximum atomic E-state index is 14.0. The van der Waals surface area contributed by atoms with Crippen molar-refractivity contribution in [2.24, 2.45) is 5.41 Å². The van der Waals surface area contributed by atoms with Crippen LogP contribution in [0.2, 0.25) is 0 Å². The number of hydrogen-bond donors (Lipinski definition) is 3. The lowest BCUT2D eigenvalue weighted by Gasteiger charge is -2.23. The third-order valence-corrected chi connectivity index (χ3v) is 6.62. The highest BCUT2D eigenvalue weighted by Gasteiger charge is 2.18. The van der Waals surface area contributed by atoms with Crippen LogP contribution in [0.25, 0.3) is 39.3 Å². The molecule has 0 bridgehead atoms. The SMILES string of the molecule is C=C/C=C(/c1cccc(F)c1)c1cc(-c2n[nH]c3ccc(-c4cncc(NC(=C)C(C)(C)C)c4)nc23)[nH]c1C. The summed E-state index contributed by atoms with van der Waals surface area (Å²) >= 11 is 0. The van der Waals surface area contributed by atoms with Crippen molar-refractivity contribution >= 4 is 22.3 Å². The first kappa shape index (κ1) is 25.9. The zero-order valence-corrected chi connectivity index (χ0v) is 22.6. The van der Waals surface area contributed by atoms with Gasteiger partial charge < -0.3 is 10.3 Å². The Hall–Kier alpha value is -4.78. The molecule has 0 unspecified atom stereocenters. The molecule has 0 radical (unpaired) electrons. The summed E-state index contributed by atoms with van der Waals surface area (Å²) in [5.74, 6) is -0.289. The molecule has 0 saturated heterocycles. The molecule has 5 aromatic rings. The molecular weight excluding hydrogens is 487 g/mol. The van der Waals surface area contributed by atoms with Gasteiger partial charge in [0.15, 0.2) is 0 Å². The van der Waals surface area contributed by atoms with E-state index in [2.05, 4.69) is 59.4 Å². The summed E-state index contributed by atoms with van der Waals surface area (Å²) in [6, 6.07) is 14.5. The quantitative estimate of drug-likeness (QED) is 0.190. The second kappa shape index (κ2) is 10.2. The Balaban J connectivity index is 1.53. The molecule has 0 saturated carbocycles. The number of benzene rings is 1. The highest BCUT2D eigenvalue weighted by Crippen LogP contribution is 2.34. The molecule has 4 aromatic heterocycles. The minimum absolute atomic E-state index is 0.0821. The van der Waals surface area contributed by atoms with Crippen LogP contribution in [0.3, 0.4) is 0 Å². The Kier molecular flexibility index (Phi) is 6.74. The standard InChI is InChI=1S/C32H31FN6/c1-7-9-25(21-10-8-11-23(33)14-21)26-16-29(35-19(26)2)31-30-28(38-39-31)13-12-27(37-30)22-15-24(18-34-17-22)36-20(3)32(4,5)6/h7-18,35-36H,1,3H2,2,4-6H3,(H,38,39)/b25-9-. The largest absolute Gasteiger partial charge is 0.358 e. The molecular formula is C32H31FN6. The summed E-state index contributed by atoms with van der Waals surface area (Å²) in [5.41, 5.74) is 9.88. The van der Waals surface area contributed by atoms with Crippen molar-refractivity contribution < 1.29 is 4.39 Å². The zero-order chi connectivity index (χ0) is 27.7. The van der Waals surface area contributed by atoms with Crippen LogP contribution in [0.4, 0.5) is 10.1 Å². The van der Waals surface area contributed by atoms with Crippen LogP contribution in [-0.2, 0) is 0 Å². The number of aryl methyl sites for hydroxylation is 1. The number of aromatic amines is 2. The van der Waals surface area contributed by atoms with Gasteiger partial charge in [-0.15, -0.1) is 0 Å². The van der Waals surface area contributed by atoms with Crippen molar-refractivity contribution in [2.75, 3.05) is 5.32 Å². The zero-order valence-electron chi connectivity index (χ0n) is 22.6. The number of aromatic nitrogens is 5. The van der Waals surface area contributed by atoms with Gasteiger partial charge in [-0.3, -0.25) is 10.1 Å². The van der Waals surface area contributed by atoms with Gasteiger partial charge in [-0.1, -0.05) is 58.2 Å². The number of nitrogens with one attached hydrogen (secondary N) is 3. The van der Waals surface area contributed by atoms with E-state index in [0.29, 0.717) is 5.69 Å². The summed E-state index contributed by atoms with van der Waals surface area (Å²) in [7, 11) is 0. The Morgan fingerprint density at radius 3 is 2.64 bits per heavy atom. The van der Waals surface area contributed by atoms with E-state index in [1.807, 2.05) is 43.3 Å². The molecule has 4 heterocycles. The Labute approximate surface area is 227 Å². The predicted molar refractivity (Wildman–Crippen MR) is 158 cm³/mol. The Bertz CT molecular complexity index is 1730. The molecule has 0 spiro atoms. The van der Waals surface area contributed by atoms with Gasteiger partial charge in [0.05, 0.1) is 28.8 Å². The van der Waals surface area contributed by atoms with Crippen LogP contribution in [0, 0.1) is 18.2 Å². The lowest BCUT2D eigenvalue weighted by atomic mass is 9.93. The van der Waals surface area contributed by atoms with Gasteiger partial charge in [0.2, 0.25) is 0 Å². The first-order chi connectivity index (χ1) is 18.6. The lowest BCUT2D eigenvalue weighted by molar-refractivity contribution is 0.509. The first-order valence-electron chi connectivity index (χ1n) is 12.7. The molecule has 0 aliphatic heterocycles. The van der Waals surface area contributed by atoms with Gasteiger partial charge in [0.25, 0.3) is 0 Å². The second-order valence-electron chi connectivity index (χ2n) is 10.5. The fourth-order valence-corrected chi connectivity index (χ4v) is 4.34.